The van der Waals surface area contributed by atoms with E-state index in [-0.39, 0.29) is 23.3 Å². The quantitative estimate of drug-likeness (QED) is 0.792. The summed E-state index contributed by atoms with van der Waals surface area (Å²) in [4.78, 5) is 12.3. The molecule has 1 aliphatic carbocycles. The minimum Gasteiger partial charge on any atom is -0.353 e. The second-order valence-electron chi connectivity index (χ2n) is 6.30. The van der Waals surface area contributed by atoms with Crippen molar-refractivity contribution in [2.24, 2.45) is 23.0 Å². The van der Waals surface area contributed by atoms with E-state index in [4.69, 9.17) is 5.73 Å². The van der Waals surface area contributed by atoms with Gasteiger partial charge in [-0.2, -0.15) is 0 Å². The molecule has 1 rings (SSSR count). The Morgan fingerprint density at radius 1 is 1.41 bits per heavy atom. The maximum atomic E-state index is 12.3. The third-order valence-corrected chi connectivity index (χ3v) is 4.42. The molecule has 0 radical (unpaired) electrons. The van der Waals surface area contributed by atoms with E-state index in [1.54, 1.807) is 0 Å². The van der Waals surface area contributed by atoms with Gasteiger partial charge in [-0.25, -0.2) is 0 Å². The summed E-state index contributed by atoms with van der Waals surface area (Å²) in [5, 5.41) is 3.14. The van der Waals surface area contributed by atoms with Crippen molar-refractivity contribution in [1.82, 2.24) is 5.32 Å². The minimum atomic E-state index is 0.147. The molecule has 100 valence electrons. The smallest absolute Gasteiger partial charge is 0.223 e. The van der Waals surface area contributed by atoms with Gasteiger partial charge in [-0.1, -0.05) is 33.6 Å². The molecule has 1 fully saturated rings. The van der Waals surface area contributed by atoms with E-state index in [0.29, 0.717) is 12.5 Å². The summed E-state index contributed by atoms with van der Waals surface area (Å²) < 4.78 is 0. The van der Waals surface area contributed by atoms with E-state index < -0.39 is 0 Å². The second kappa shape index (κ2) is 5.85. The van der Waals surface area contributed by atoms with E-state index in [2.05, 4.69) is 26.1 Å². The molecule has 0 bridgehead atoms. The summed E-state index contributed by atoms with van der Waals surface area (Å²) in [5.41, 5.74) is 5.78. The first-order chi connectivity index (χ1) is 7.88. The van der Waals surface area contributed by atoms with Gasteiger partial charge in [0.25, 0.3) is 0 Å². The van der Waals surface area contributed by atoms with E-state index in [0.717, 1.165) is 12.8 Å². The van der Waals surface area contributed by atoms with Crippen molar-refractivity contribution in [1.29, 1.82) is 0 Å². The van der Waals surface area contributed by atoms with Crippen molar-refractivity contribution >= 4 is 5.91 Å². The summed E-state index contributed by atoms with van der Waals surface area (Å²) in [6.45, 7) is 9.18. The van der Waals surface area contributed by atoms with E-state index in [1.807, 2.05) is 6.92 Å². The van der Waals surface area contributed by atoms with Crippen LogP contribution in [0.4, 0.5) is 0 Å². The molecule has 3 unspecified atom stereocenters. The van der Waals surface area contributed by atoms with Crippen LogP contribution in [0.5, 0.6) is 0 Å². The lowest BCUT2D eigenvalue weighted by Crippen LogP contribution is -2.47. The average molecular weight is 240 g/mol. The van der Waals surface area contributed by atoms with Crippen LogP contribution in [0.2, 0.25) is 0 Å². The summed E-state index contributed by atoms with van der Waals surface area (Å²) in [6, 6.07) is 0.172. The van der Waals surface area contributed by atoms with Crippen LogP contribution in [0.15, 0.2) is 0 Å². The highest BCUT2D eigenvalue weighted by Crippen LogP contribution is 2.40. The molecule has 3 atom stereocenters. The zero-order chi connectivity index (χ0) is 13.1. The monoisotopic (exact) mass is 240 g/mol. The lowest BCUT2D eigenvalue weighted by molar-refractivity contribution is -0.131. The number of nitrogens with two attached hydrogens (primary N) is 1. The van der Waals surface area contributed by atoms with Gasteiger partial charge >= 0.3 is 0 Å². The third kappa shape index (κ3) is 3.70. The molecule has 0 saturated heterocycles. The van der Waals surface area contributed by atoms with Gasteiger partial charge in [0, 0.05) is 12.0 Å². The van der Waals surface area contributed by atoms with Crippen LogP contribution in [0.1, 0.15) is 53.4 Å². The summed E-state index contributed by atoms with van der Waals surface area (Å²) in [5.74, 6) is 0.733. The molecule has 0 spiro atoms. The van der Waals surface area contributed by atoms with Gasteiger partial charge in [0.05, 0.1) is 0 Å². The van der Waals surface area contributed by atoms with Crippen molar-refractivity contribution in [2.75, 3.05) is 6.54 Å². The van der Waals surface area contributed by atoms with Crippen LogP contribution in [0.25, 0.3) is 0 Å². The van der Waals surface area contributed by atoms with Crippen molar-refractivity contribution in [3.63, 3.8) is 0 Å². The summed E-state index contributed by atoms with van der Waals surface area (Å²) in [6.07, 6.45) is 4.63. The van der Waals surface area contributed by atoms with Gasteiger partial charge in [-0.15, -0.1) is 0 Å². The Labute approximate surface area is 106 Å². The van der Waals surface area contributed by atoms with Crippen LogP contribution < -0.4 is 11.1 Å². The third-order valence-electron chi connectivity index (χ3n) is 4.42. The van der Waals surface area contributed by atoms with Crippen molar-refractivity contribution in [3.8, 4) is 0 Å². The van der Waals surface area contributed by atoms with Crippen molar-refractivity contribution < 1.29 is 4.79 Å². The van der Waals surface area contributed by atoms with Gasteiger partial charge < -0.3 is 11.1 Å². The molecule has 17 heavy (non-hydrogen) atoms. The van der Waals surface area contributed by atoms with Crippen LogP contribution >= 0.6 is 0 Å². The molecule has 0 heterocycles. The standard InChI is InChI=1S/C14H28N2O/c1-10(9-15)11(2)16-13(17)12-7-5-6-8-14(12,3)4/h10-12H,5-9,15H2,1-4H3,(H,16,17). The molecule has 0 aromatic carbocycles. The van der Waals surface area contributed by atoms with Crippen LogP contribution in [-0.2, 0) is 4.79 Å². The Balaban J connectivity index is 2.57. The highest BCUT2D eigenvalue weighted by molar-refractivity contribution is 5.79. The minimum absolute atomic E-state index is 0.147. The largest absolute Gasteiger partial charge is 0.353 e. The summed E-state index contributed by atoms with van der Waals surface area (Å²) in [7, 11) is 0. The Hall–Kier alpha value is -0.570. The normalized spacial score (nSPS) is 27.2. The SMILES string of the molecule is CC(CN)C(C)NC(=O)C1CCCCC1(C)C. The van der Waals surface area contributed by atoms with E-state index in [9.17, 15) is 4.79 Å². The molecular weight excluding hydrogens is 212 g/mol. The lowest BCUT2D eigenvalue weighted by Gasteiger charge is -2.38. The fourth-order valence-electron chi connectivity index (χ4n) is 2.65. The molecule has 3 N–H and O–H groups in total. The lowest BCUT2D eigenvalue weighted by atomic mass is 9.68. The Morgan fingerprint density at radius 2 is 2.06 bits per heavy atom. The fourth-order valence-corrected chi connectivity index (χ4v) is 2.65. The van der Waals surface area contributed by atoms with Gasteiger partial charge in [-0.05, 0) is 37.6 Å². The summed E-state index contributed by atoms with van der Waals surface area (Å²) >= 11 is 0. The van der Waals surface area contributed by atoms with Gasteiger partial charge in [0.1, 0.15) is 0 Å². The fraction of sp³-hybridized carbons (Fsp3) is 0.929. The number of carbonyl (C=O) groups is 1. The second-order valence-corrected chi connectivity index (χ2v) is 6.30. The number of hydrogen-bond donors (Lipinski definition) is 2. The highest BCUT2D eigenvalue weighted by Gasteiger charge is 2.37. The zero-order valence-corrected chi connectivity index (χ0v) is 11.8. The molecule has 0 aromatic rings. The van der Waals surface area contributed by atoms with Crippen LogP contribution in [0, 0.1) is 17.3 Å². The molecule has 1 saturated carbocycles. The first kappa shape index (κ1) is 14.5. The highest BCUT2D eigenvalue weighted by atomic mass is 16.2. The maximum absolute atomic E-state index is 12.3. The number of rotatable bonds is 4. The predicted octanol–water partition coefficient (Wildman–Crippen LogP) is 2.30. The first-order valence-electron chi connectivity index (χ1n) is 6.89. The number of amides is 1. The molecule has 3 heteroatoms. The number of hydrogen-bond acceptors (Lipinski definition) is 2. The van der Waals surface area contributed by atoms with Gasteiger partial charge in [-0.3, -0.25) is 4.79 Å². The molecule has 3 nitrogen and oxygen atoms in total. The topological polar surface area (TPSA) is 55.1 Å². The predicted molar refractivity (Wildman–Crippen MR) is 71.6 cm³/mol. The Morgan fingerprint density at radius 3 is 2.59 bits per heavy atom. The van der Waals surface area contributed by atoms with Gasteiger partial charge in [0.2, 0.25) is 5.91 Å². The molecular formula is C14H28N2O. The average Bonchev–Trinajstić information content (AvgIpc) is 2.26. The Kier molecular flexibility index (Phi) is 4.99. The van der Waals surface area contributed by atoms with Crippen molar-refractivity contribution in [3.05, 3.63) is 0 Å². The first-order valence-corrected chi connectivity index (χ1v) is 6.89. The maximum Gasteiger partial charge on any atom is 0.223 e. The van der Waals surface area contributed by atoms with E-state index >= 15 is 0 Å². The van der Waals surface area contributed by atoms with Crippen LogP contribution in [0.3, 0.4) is 0 Å². The van der Waals surface area contributed by atoms with Crippen LogP contribution in [-0.4, -0.2) is 18.5 Å². The molecule has 1 amide bonds. The van der Waals surface area contributed by atoms with Crippen molar-refractivity contribution in [2.45, 2.75) is 59.4 Å². The number of carbonyl (C=O) groups excluding carboxylic acids is 1. The molecule has 1 aliphatic rings. The zero-order valence-electron chi connectivity index (χ0n) is 11.8. The van der Waals surface area contributed by atoms with Gasteiger partial charge in [0.15, 0.2) is 0 Å². The Bertz CT molecular complexity index is 263. The molecule has 0 aromatic heterocycles. The molecule has 0 aliphatic heterocycles. The number of nitrogens with one attached hydrogen (secondary N) is 1. The van der Waals surface area contributed by atoms with E-state index in [1.165, 1.54) is 12.8 Å².